The van der Waals surface area contributed by atoms with E-state index in [1.807, 2.05) is 0 Å². The van der Waals surface area contributed by atoms with Crippen LogP contribution in [0.2, 0.25) is 0 Å². The van der Waals surface area contributed by atoms with Crippen molar-refractivity contribution in [3.8, 4) is 0 Å². The fourth-order valence-corrected chi connectivity index (χ4v) is 1.39. The lowest BCUT2D eigenvalue weighted by molar-refractivity contribution is 1.15. The molecule has 0 spiro atoms. The van der Waals surface area contributed by atoms with Gasteiger partial charge in [0.1, 0.15) is 12.7 Å². The van der Waals surface area contributed by atoms with Crippen LogP contribution in [0.5, 0.6) is 0 Å². The Balaban J connectivity index is 2.32. The van der Waals surface area contributed by atoms with Gasteiger partial charge >= 0.3 is 0 Å². The summed E-state index contributed by atoms with van der Waals surface area (Å²) in [6.07, 6.45) is 12.8. The fourth-order valence-electron chi connectivity index (χ4n) is 1.39. The Morgan fingerprint density at radius 3 is 1.94 bits per heavy atom. The van der Waals surface area contributed by atoms with Crippen molar-refractivity contribution in [1.29, 1.82) is 5.41 Å². The number of rotatable bonds is 4. The van der Waals surface area contributed by atoms with Crippen LogP contribution in [-0.4, -0.2) is 25.6 Å². The summed E-state index contributed by atoms with van der Waals surface area (Å²) in [6, 6.07) is 0. The number of nitrogens with one attached hydrogen (secondary N) is 1. The highest BCUT2D eigenvalue weighted by molar-refractivity contribution is 6.10. The van der Waals surface area contributed by atoms with E-state index in [9.17, 15) is 0 Å². The summed E-state index contributed by atoms with van der Waals surface area (Å²) >= 11 is 0. The van der Waals surface area contributed by atoms with Gasteiger partial charge in [0.2, 0.25) is 0 Å². The van der Waals surface area contributed by atoms with Crippen molar-refractivity contribution in [1.82, 2.24) is 19.9 Å². The van der Waals surface area contributed by atoms with Crippen LogP contribution >= 0.6 is 0 Å². The van der Waals surface area contributed by atoms with Gasteiger partial charge in [-0.2, -0.15) is 0 Å². The van der Waals surface area contributed by atoms with Crippen molar-refractivity contribution in [2.45, 2.75) is 0 Å². The van der Waals surface area contributed by atoms with Gasteiger partial charge in [0.05, 0.1) is 5.71 Å². The second kappa shape index (κ2) is 5.58. The van der Waals surface area contributed by atoms with Crippen LogP contribution in [0.3, 0.4) is 0 Å². The van der Waals surface area contributed by atoms with E-state index in [1.165, 1.54) is 12.7 Å². The Kier molecular flexibility index (Phi) is 3.66. The number of nitrogens with zero attached hydrogens (tertiary/aromatic N) is 4. The van der Waals surface area contributed by atoms with Gasteiger partial charge in [-0.25, -0.2) is 19.9 Å². The molecule has 2 heterocycles. The summed E-state index contributed by atoms with van der Waals surface area (Å²) in [5, 5.41) is 7.97. The minimum atomic E-state index is 0.314. The molecule has 0 atom stereocenters. The molecule has 0 aliphatic rings. The minimum Gasteiger partial charge on any atom is -0.300 e. The molecule has 0 aliphatic carbocycles. The minimum absolute atomic E-state index is 0.314. The zero-order valence-corrected chi connectivity index (χ0v) is 9.61. The van der Waals surface area contributed by atoms with Gasteiger partial charge in [-0.1, -0.05) is 12.7 Å². The van der Waals surface area contributed by atoms with Crippen LogP contribution in [0, 0.1) is 5.41 Å². The number of hydrogen-bond donors (Lipinski definition) is 1. The maximum atomic E-state index is 7.97. The lowest BCUT2D eigenvalue weighted by Gasteiger charge is -2.02. The van der Waals surface area contributed by atoms with Crippen LogP contribution in [0.25, 0.3) is 5.57 Å². The van der Waals surface area contributed by atoms with Crippen molar-refractivity contribution in [2.24, 2.45) is 0 Å². The molecule has 0 unspecified atom stereocenters. The molecule has 0 radical (unpaired) electrons. The summed E-state index contributed by atoms with van der Waals surface area (Å²) < 4.78 is 0. The Hall–Kier alpha value is -2.69. The normalized spacial score (nSPS) is 11.0. The topological polar surface area (TPSA) is 75.4 Å². The monoisotopic (exact) mass is 237 g/mol. The standard InChI is InChI=1S/C13H11N5/c1-2-10(11-4-15-8-16-5-11)3-13(14)12-6-17-9-18-7-12/h2-9,14H,1H2/b10-3+,14-13?. The van der Waals surface area contributed by atoms with E-state index in [0.29, 0.717) is 11.3 Å². The van der Waals surface area contributed by atoms with E-state index in [4.69, 9.17) is 5.41 Å². The van der Waals surface area contributed by atoms with E-state index < -0.39 is 0 Å². The molecular formula is C13H11N5. The van der Waals surface area contributed by atoms with Gasteiger partial charge in [0.25, 0.3) is 0 Å². The molecule has 2 aromatic rings. The highest BCUT2D eigenvalue weighted by Crippen LogP contribution is 2.14. The average molecular weight is 237 g/mol. The Morgan fingerprint density at radius 1 is 0.944 bits per heavy atom. The zero-order valence-electron chi connectivity index (χ0n) is 9.61. The number of aromatic nitrogens is 4. The Bertz CT molecular complexity index is 575. The molecule has 0 aromatic carbocycles. The predicted molar refractivity (Wildman–Crippen MR) is 69.1 cm³/mol. The molecule has 88 valence electrons. The lowest BCUT2D eigenvalue weighted by atomic mass is 10.1. The summed E-state index contributed by atoms with van der Waals surface area (Å²) in [7, 11) is 0. The highest BCUT2D eigenvalue weighted by atomic mass is 14.8. The molecule has 2 rings (SSSR count). The van der Waals surface area contributed by atoms with E-state index in [1.54, 1.807) is 36.9 Å². The summed E-state index contributed by atoms with van der Waals surface area (Å²) in [6.45, 7) is 3.73. The molecule has 2 aromatic heterocycles. The van der Waals surface area contributed by atoms with E-state index in [0.717, 1.165) is 11.1 Å². The van der Waals surface area contributed by atoms with Gasteiger partial charge < -0.3 is 5.41 Å². The molecule has 5 nitrogen and oxygen atoms in total. The largest absolute Gasteiger partial charge is 0.300 e. The lowest BCUT2D eigenvalue weighted by Crippen LogP contribution is -1.98. The average Bonchev–Trinajstić information content (AvgIpc) is 2.46. The van der Waals surface area contributed by atoms with Crippen molar-refractivity contribution in [3.05, 3.63) is 67.3 Å². The van der Waals surface area contributed by atoms with Crippen molar-refractivity contribution < 1.29 is 0 Å². The first kappa shape index (κ1) is 11.8. The second-order valence-corrected chi connectivity index (χ2v) is 3.47. The molecule has 0 amide bonds. The first-order valence-electron chi connectivity index (χ1n) is 5.24. The van der Waals surface area contributed by atoms with Gasteiger partial charge in [-0.05, 0) is 11.6 Å². The Labute approximate surface area is 104 Å². The molecule has 0 aliphatic heterocycles. The van der Waals surface area contributed by atoms with E-state index in [-0.39, 0.29) is 0 Å². The molecule has 0 bridgehead atoms. The molecule has 0 saturated heterocycles. The highest BCUT2D eigenvalue weighted by Gasteiger charge is 2.02. The third kappa shape index (κ3) is 2.70. The van der Waals surface area contributed by atoms with Gasteiger partial charge in [0, 0.05) is 35.9 Å². The number of hydrogen-bond acceptors (Lipinski definition) is 5. The Morgan fingerprint density at radius 2 is 1.44 bits per heavy atom. The fraction of sp³-hybridized carbons (Fsp3) is 0. The predicted octanol–water partition coefficient (Wildman–Crippen LogP) is 1.90. The number of allylic oxidation sites excluding steroid dienone is 3. The van der Waals surface area contributed by atoms with Crippen molar-refractivity contribution >= 4 is 11.3 Å². The first-order chi connectivity index (χ1) is 8.81. The van der Waals surface area contributed by atoms with Gasteiger partial charge in [-0.15, -0.1) is 0 Å². The van der Waals surface area contributed by atoms with Crippen LogP contribution < -0.4 is 0 Å². The molecule has 0 saturated carbocycles. The quantitative estimate of drug-likeness (QED) is 0.651. The smallest absolute Gasteiger partial charge is 0.115 e. The van der Waals surface area contributed by atoms with E-state index >= 15 is 0 Å². The van der Waals surface area contributed by atoms with E-state index in [2.05, 4.69) is 26.5 Å². The summed E-state index contributed by atoms with van der Waals surface area (Å²) in [5.74, 6) is 0. The third-order valence-corrected chi connectivity index (χ3v) is 2.29. The van der Waals surface area contributed by atoms with Crippen LogP contribution in [0.4, 0.5) is 0 Å². The van der Waals surface area contributed by atoms with Crippen LogP contribution in [0.15, 0.2) is 56.2 Å². The van der Waals surface area contributed by atoms with Crippen molar-refractivity contribution in [3.63, 3.8) is 0 Å². The summed E-state index contributed by atoms with van der Waals surface area (Å²) in [4.78, 5) is 15.6. The molecular weight excluding hydrogens is 226 g/mol. The molecule has 18 heavy (non-hydrogen) atoms. The summed E-state index contributed by atoms with van der Waals surface area (Å²) in [5.41, 5.74) is 2.56. The van der Waals surface area contributed by atoms with Crippen molar-refractivity contribution in [2.75, 3.05) is 0 Å². The molecule has 0 fully saturated rings. The second-order valence-electron chi connectivity index (χ2n) is 3.47. The molecule has 1 N–H and O–H groups in total. The van der Waals surface area contributed by atoms with Gasteiger partial charge in [0.15, 0.2) is 0 Å². The maximum Gasteiger partial charge on any atom is 0.115 e. The third-order valence-electron chi connectivity index (χ3n) is 2.29. The van der Waals surface area contributed by atoms with Crippen LogP contribution in [0.1, 0.15) is 11.1 Å². The first-order valence-corrected chi connectivity index (χ1v) is 5.24. The maximum absolute atomic E-state index is 7.97. The van der Waals surface area contributed by atoms with Gasteiger partial charge in [-0.3, -0.25) is 0 Å². The van der Waals surface area contributed by atoms with Crippen LogP contribution in [-0.2, 0) is 0 Å². The molecule has 5 heteroatoms. The zero-order chi connectivity index (χ0) is 12.8. The SMILES string of the molecule is C=C/C(=C\C(=N)c1cncnc1)c1cncnc1.